The molecule has 3 aromatic heterocycles. The van der Waals surface area contributed by atoms with Crippen LogP contribution in [0.4, 0.5) is 0 Å². The number of hydrogen-bond acceptors (Lipinski definition) is 3. The smallest absolute Gasteiger partial charge is 0.159 e. The van der Waals surface area contributed by atoms with Crippen LogP contribution in [0.3, 0.4) is 0 Å². The highest BCUT2D eigenvalue weighted by atomic mass is 16.3. The SMILES string of the molecule is c1ccc(-c2ncc(-n3c4ccccc4c4c5occc5ccc43)cn2)cc1. The van der Waals surface area contributed by atoms with Crippen LogP contribution in [0.1, 0.15) is 0 Å². The predicted molar refractivity (Wildman–Crippen MR) is 112 cm³/mol. The molecule has 3 heterocycles. The Labute approximate surface area is 160 Å². The van der Waals surface area contributed by atoms with Crippen molar-refractivity contribution in [1.29, 1.82) is 0 Å². The lowest BCUT2D eigenvalue weighted by Gasteiger charge is -2.08. The molecule has 4 nitrogen and oxygen atoms in total. The lowest BCUT2D eigenvalue weighted by atomic mass is 10.1. The summed E-state index contributed by atoms with van der Waals surface area (Å²) in [5.41, 5.74) is 5.04. The monoisotopic (exact) mass is 361 g/mol. The molecule has 6 aromatic rings. The third-order valence-corrected chi connectivity index (χ3v) is 5.18. The Morgan fingerprint density at radius 1 is 0.714 bits per heavy atom. The summed E-state index contributed by atoms with van der Waals surface area (Å²) in [6, 6.07) is 24.6. The van der Waals surface area contributed by atoms with Crippen molar-refractivity contribution in [3.05, 3.63) is 91.5 Å². The van der Waals surface area contributed by atoms with E-state index >= 15 is 0 Å². The molecule has 132 valence electrons. The van der Waals surface area contributed by atoms with E-state index in [0.717, 1.165) is 49.9 Å². The minimum Gasteiger partial charge on any atom is -0.464 e. The van der Waals surface area contributed by atoms with E-state index in [1.165, 1.54) is 0 Å². The summed E-state index contributed by atoms with van der Waals surface area (Å²) in [7, 11) is 0. The molecular formula is C24H15N3O. The molecule has 0 aliphatic carbocycles. The predicted octanol–water partition coefficient (Wildman–Crippen LogP) is 5.99. The van der Waals surface area contributed by atoms with E-state index in [2.05, 4.69) is 50.9 Å². The number of para-hydroxylation sites is 1. The summed E-state index contributed by atoms with van der Waals surface area (Å²) in [6.45, 7) is 0. The fraction of sp³-hybridized carbons (Fsp3) is 0. The first-order chi connectivity index (χ1) is 13.9. The minimum atomic E-state index is 0.721. The third kappa shape index (κ3) is 2.12. The molecule has 3 aromatic carbocycles. The molecule has 0 N–H and O–H groups in total. The fourth-order valence-corrected chi connectivity index (χ4v) is 3.93. The van der Waals surface area contributed by atoms with Crippen molar-refractivity contribution < 1.29 is 4.42 Å². The van der Waals surface area contributed by atoms with E-state index in [1.807, 2.05) is 48.8 Å². The highest BCUT2D eigenvalue weighted by Gasteiger charge is 2.16. The first-order valence-electron chi connectivity index (χ1n) is 9.17. The minimum absolute atomic E-state index is 0.721. The van der Waals surface area contributed by atoms with Crippen molar-refractivity contribution in [3.63, 3.8) is 0 Å². The summed E-state index contributed by atoms with van der Waals surface area (Å²) < 4.78 is 8.02. The van der Waals surface area contributed by atoms with Gasteiger partial charge in [-0.05, 0) is 24.3 Å². The van der Waals surface area contributed by atoms with Crippen LogP contribution in [0.25, 0.3) is 49.9 Å². The molecular weight excluding hydrogens is 346 g/mol. The van der Waals surface area contributed by atoms with Gasteiger partial charge in [-0.25, -0.2) is 9.97 Å². The molecule has 0 radical (unpaired) electrons. The van der Waals surface area contributed by atoms with Crippen LogP contribution in [0.2, 0.25) is 0 Å². The summed E-state index contributed by atoms with van der Waals surface area (Å²) >= 11 is 0. The lowest BCUT2D eigenvalue weighted by molar-refractivity contribution is 0.619. The van der Waals surface area contributed by atoms with E-state index < -0.39 is 0 Å². The van der Waals surface area contributed by atoms with Gasteiger partial charge < -0.3 is 8.98 Å². The molecule has 0 amide bonds. The second kappa shape index (κ2) is 5.79. The van der Waals surface area contributed by atoms with E-state index in [9.17, 15) is 0 Å². The topological polar surface area (TPSA) is 43.9 Å². The van der Waals surface area contributed by atoms with Crippen LogP contribution in [0.15, 0.2) is 95.9 Å². The van der Waals surface area contributed by atoms with Gasteiger partial charge in [0.05, 0.1) is 40.8 Å². The normalized spacial score (nSPS) is 11.6. The number of benzene rings is 3. The second-order valence-electron chi connectivity index (χ2n) is 6.78. The van der Waals surface area contributed by atoms with Gasteiger partial charge in [-0.15, -0.1) is 0 Å². The molecule has 0 aliphatic rings. The third-order valence-electron chi connectivity index (χ3n) is 5.18. The van der Waals surface area contributed by atoms with E-state index in [1.54, 1.807) is 6.26 Å². The summed E-state index contributed by atoms with van der Waals surface area (Å²) in [5, 5.41) is 3.38. The van der Waals surface area contributed by atoms with Crippen molar-refractivity contribution in [2.24, 2.45) is 0 Å². The molecule has 0 saturated heterocycles. The van der Waals surface area contributed by atoms with Gasteiger partial charge in [0, 0.05) is 16.3 Å². The van der Waals surface area contributed by atoms with E-state index in [4.69, 9.17) is 4.42 Å². The Morgan fingerprint density at radius 3 is 2.36 bits per heavy atom. The quantitative estimate of drug-likeness (QED) is 0.381. The van der Waals surface area contributed by atoms with Crippen molar-refractivity contribution in [3.8, 4) is 17.1 Å². The molecule has 0 atom stereocenters. The maximum atomic E-state index is 5.82. The highest BCUT2D eigenvalue weighted by Crippen LogP contribution is 2.36. The molecule has 0 spiro atoms. The molecule has 0 fully saturated rings. The first-order valence-corrected chi connectivity index (χ1v) is 9.17. The zero-order valence-electron chi connectivity index (χ0n) is 14.9. The fourth-order valence-electron chi connectivity index (χ4n) is 3.93. The second-order valence-corrected chi connectivity index (χ2v) is 6.78. The Hall–Kier alpha value is -3.92. The van der Waals surface area contributed by atoms with Crippen molar-refractivity contribution in [1.82, 2.24) is 14.5 Å². The Morgan fingerprint density at radius 2 is 1.50 bits per heavy atom. The average Bonchev–Trinajstić information content (AvgIpc) is 3.36. The van der Waals surface area contributed by atoms with Gasteiger partial charge in [0.1, 0.15) is 5.58 Å². The summed E-state index contributed by atoms with van der Waals surface area (Å²) in [4.78, 5) is 9.23. The maximum Gasteiger partial charge on any atom is 0.159 e. The highest BCUT2D eigenvalue weighted by molar-refractivity contribution is 6.19. The van der Waals surface area contributed by atoms with Crippen molar-refractivity contribution in [2.75, 3.05) is 0 Å². The Bertz CT molecular complexity index is 1440. The van der Waals surface area contributed by atoms with Crippen LogP contribution < -0.4 is 0 Å². The van der Waals surface area contributed by atoms with Gasteiger partial charge in [0.15, 0.2) is 5.82 Å². The molecule has 6 rings (SSSR count). The number of hydrogen-bond donors (Lipinski definition) is 0. The van der Waals surface area contributed by atoms with Crippen LogP contribution in [-0.4, -0.2) is 14.5 Å². The Balaban J connectivity index is 1.63. The van der Waals surface area contributed by atoms with Crippen LogP contribution in [0.5, 0.6) is 0 Å². The standard InChI is InChI=1S/C24H15N3O/c1-2-6-17(7-3-1)24-25-14-18(15-26-24)27-20-9-5-4-8-19(20)22-21(27)11-10-16-12-13-28-23(16)22/h1-15H. The van der Waals surface area contributed by atoms with Gasteiger partial charge in [-0.1, -0.05) is 48.5 Å². The lowest BCUT2D eigenvalue weighted by Crippen LogP contribution is -1.97. The van der Waals surface area contributed by atoms with Gasteiger partial charge in [0.25, 0.3) is 0 Å². The molecule has 0 aliphatic heterocycles. The number of fused-ring (bicyclic) bond motifs is 5. The number of aromatic nitrogens is 3. The van der Waals surface area contributed by atoms with Crippen LogP contribution in [-0.2, 0) is 0 Å². The van der Waals surface area contributed by atoms with E-state index in [0.29, 0.717) is 0 Å². The van der Waals surface area contributed by atoms with Crippen LogP contribution in [0, 0.1) is 0 Å². The van der Waals surface area contributed by atoms with Gasteiger partial charge in [0.2, 0.25) is 0 Å². The Kier molecular flexibility index (Phi) is 3.14. The molecule has 0 bridgehead atoms. The number of rotatable bonds is 2. The first kappa shape index (κ1) is 15.2. The zero-order valence-corrected chi connectivity index (χ0v) is 14.9. The molecule has 0 unspecified atom stereocenters. The number of nitrogens with zero attached hydrogens (tertiary/aromatic N) is 3. The van der Waals surface area contributed by atoms with Crippen molar-refractivity contribution in [2.45, 2.75) is 0 Å². The maximum absolute atomic E-state index is 5.82. The summed E-state index contributed by atoms with van der Waals surface area (Å²) in [5.74, 6) is 0.721. The average molecular weight is 361 g/mol. The van der Waals surface area contributed by atoms with Gasteiger partial charge in [-0.3, -0.25) is 0 Å². The molecule has 4 heteroatoms. The number of furan rings is 1. The molecule has 28 heavy (non-hydrogen) atoms. The van der Waals surface area contributed by atoms with Crippen LogP contribution >= 0.6 is 0 Å². The molecule has 0 saturated carbocycles. The summed E-state index contributed by atoms with van der Waals surface area (Å²) in [6.07, 6.45) is 5.51. The van der Waals surface area contributed by atoms with E-state index in [-0.39, 0.29) is 0 Å². The largest absolute Gasteiger partial charge is 0.464 e. The van der Waals surface area contributed by atoms with Crippen molar-refractivity contribution >= 4 is 32.8 Å². The van der Waals surface area contributed by atoms with Gasteiger partial charge >= 0.3 is 0 Å². The van der Waals surface area contributed by atoms with Gasteiger partial charge in [-0.2, -0.15) is 0 Å². The zero-order chi connectivity index (χ0) is 18.5.